The van der Waals surface area contributed by atoms with E-state index >= 15 is 0 Å². The first kappa shape index (κ1) is 17.6. The zero-order valence-electron chi connectivity index (χ0n) is 13.4. The van der Waals surface area contributed by atoms with Gasteiger partial charge < -0.3 is 0 Å². The first-order valence-corrected chi connectivity index (χ1v) is 9.21. The summed E-state index contributed by atoms with van der Waals surface area (Å²) in [5, 5.41) is 0.578. The Balaban J connectivity index is 2.41. The molecule has 0 amide bonds. The summed E-state index contributed by atoms with van der Waals surface area (Å²) in [7, 11) is -3.63. The average Bonchev–Trinajstić information content (AvgIpc) is 2.49. The molecule has 0 aliphatic rings. The van der Waals surface area contributed by atoms with Crippen LogP contribution in [0.15, 0.2) is 59.5 Å². The predicted molar refractivity (Wildman–Crippen MR) is 96.7 cm³/mol. The van der Waals surface area contributed by atoms with Gasteiger partial charge in [-0.2, -0.15) is 0 Å². The predicted octanol–water partition coefficient (Wildman–Crippen LogP) is 5.13. The average molecular weight is 350 g/mol. The minimum atomic E-state index is -3.63. The highest BCUT2D eigenvalue weighted by molar-refractivity contribution is 7.92. The van der Waals surface area contributed by atoms with Gasteiger partial charge in [0.25, 0.3) is 10.0 Å². The largest absolute Gasteiger partial charge is 0.279 e. The minimum Gasteiger partial charge on any atom is -0.279 e. The fourth-order valence-corrected chi connectivity index (χ4v) is 3.58. The molecule has 2 aromatic rings. The van der Waals surface area contributed by atoms with E-state index in [1.165, 1.54) is 0 Å². The van der Waals surface area contributed by atoms with E-state index in [0.29, 0.717) is 10.7 Å². The summed E-state index contributed by atoms with van der Waals surface area (Å²) in [5.41, 5.74) is 2.39. The quantitative estimate of drug-likeness (QED) is 0.760. The van der Waals surface area contributed by atoms with Crippen molar-refractivity contribution in [2.45, 2.75) is 31.6 Å². The van der Waals surface area contributed by atoms with Crippen LogP contribution in [0.5, 0.6) is 0 Å². The Morgan fingerprint density at radius 2 is 1.78 bits per heavy atom. The van der Waals surface area contributed by atoms with Crippen LogP contribution in [0.25, 0.3) is 0 Å². The Morgan fingerprint density at radius 1 is 1.13 bits per heavy atom. The SMILES string of the molecule is C/C=C/C(C)c1cc(Cl)ccc1NS(=O)(=O)c1ccc(C)cc1. The van der Waals surface area contributed by atoms with Gasteiger partial charge in [0.1, 0.15) is 0 Å². The van der Waals surface area contributed by atoms with Crippen molar-refractivity contribution in [1.82, 2.24) is 0 Å². The van der Waals surface area contributed by atoms with Crippen LogP contribution in [0.4, 0.5) is 5.69 Å². The van der Waals surface area contributed by atoms with E-state index in [9.17, 15) is 8.42 Å². The second kappa shape index (κ2) is 7.20. The maximum atomic E-state index is 12.6. The van der Waals surface area contributed by atoms with Crippen LogP contribution < -0.4 is 4.72 Å². The number of anilines is 1. The molecular formula is C18H20ClNO2S. The van der Waals surface area contributed by atoms with Crippen molar-refractivity contribution in [3.63, 3.8) is 0 Å². The molecule has 1 N–H and O–H groups in total. The Labute approximate surface area is 143 Å². The summed E-state index contributed by atoms with van der Waals surface area (Å²) in [5.74, 6) is 0.0504. The Hall–Kier alpha value is -1.78. The minimum absolute atomic E-state index is 0.0504. The van der Waals surface area contributed by atoms with Crippen molar-refractivity contribution < 1.29 is 8.42 Å². The highest BCUT2D eigenvalue weighted by atomic mass is 35.5. The standard InChI is InChI=1S/C18H20ClNO2S/c1-4-5-14(3)17-12-15(19)8-11-18(17)20-23(21,22)16-9-6-13(2)7-10-16/h4-12,14,20H,1-3H3/b5-4+. The summed E-state index contributed by atoms with van der Waals surface area (Å²) >= 11 is 6.07. The maximum Gasteiger partial charge on any atom is 0.261 e. The summed E-state index contributed by atoms with van der Waals surface area (Å²) in [6, 6.07) is 11.9. The van der Waals surface area contributed by atoms with Gasteiger partial charge in [0.2, 0.25) is 0 Å². The van der Waals surface area contributed by atoms with Crippen LogP contribution in [-0.4, -0.2) is 8.42 Å². The molecule has 1 atom stereocenters. The number of sulfonamides is 1. The van der Waals surface area contributed by atoms with Gasteiger partial charge in [0.05, 0.1) is 10.6 Å². The first-order chi connectivity index (χ1) is 10.8. The third-order valence-corrected chi connectivity index (χ3v) is 5.18. The van der Waals surface area contributed by atoms with Crippen molar-refractivity contribution in [3.8, 4) is 0 Å². The van der Waals surface area contributed by atoms with Gasteiger partial charge in [0.15, 0.2) is 0 Å². The van der Waals surface area contributed by atoms with E-state index in [2.05, 4.69) is 4.72 Å². The van der Waals surface area contributed by atoms with Gasteiger partial charge in [-0.25, -0.2) is 8.42 Å². The van der Waals surface area contributed by atoms with Crippen molar-refractivity contribution in [2.24, 2.45) is 0 Å². The molecule has 5 heteroatoms. The van der Waals surface area contributed by atoms with E-state index in [0.717, 1.165) is 11.1 Å². The van der Waals surface area contributed by atoms with E-state index < -0.39 is 10.0 Å². The monoisotopic (exact) mass is 349 g/mol. The molecule has 0 fully saturated rings. The number of aryl methyl sites for hydroxylation is 1. The Bertz CT molecular complexity index is 811. The molecule has 2 aromatic carbocycles. The summed E-state index contributed by atoms with van der Waals surface area (Å²) in [6.45, 7) is 5.84. The molecule has 23 heavy (non-hydrogen) atoms. The van der Waals surface area contributed by atoms with Crippen LogP contribution in [-0.2, 0) is 10.0 Å². The highest BCUT2D eigenvalue weighted by Crippen LogP contribution is 2.30. The molecule has 2 rings (SSSR count). The molecular weight excluding hydrogens is 330 g/mol. The lowest BCUT2D eigenvalue weighted by atomic mass is 9.99. The molecule has 3 nitrogen and oxygen atoms in total. The van der Waals surface area contributed by atoms with Crippen molar-refractivity contribution in [3.05, 3.63) is 70.8 Å². The topological polar surface area (TPSA) is 46.2 Å². The smallest absolute Gasteiger partial charge is 0.261 e. The lowest BCUT2D eigenvalue weighted by Crippen LogP contribution is -2.14. The van der Waals surface area contributed by atoms with E-state index in [-0.39, 0.29) is 10.8 Å². The molecule has 0 saturated carbocycles. The van der Waals surface area contributed by atoms with Gasteiger partial charge >= 0.3 is 0 Å². The lowest BCUT2D eigenvalue weighted by Gasteiger charge is -2.16. The van der Waals surface area contributed by atoms with Crippen LogP contribution in [0.2, 0.25) is 5.02 Å². The Morgan fingerprint density at radius 3 is 2.39 bits per heavy atom. The number of benzene rings is 2. The molecule has 0 saturated heterocycles. The number of halogens is 1. The number of hydrogen-bond donors (Lipinski definition) is 1. The molecule has 0 radical (unpaired) electrons. The highest BCUT2D eigenvalue weighted by Gasteiger charge is 2.17. The van der Waals surface area contributed by atoms with E-state index in [1.54, 1.807) is 42.5 Å². The van der Waals surface area contributed by atoms with Gasteiger partial charge in [0, 0.05) is 10.9 Å². The molecule has 0 aromatic heterocycles. The fourth-order valence-electron chi connectivity index (χ4n) is 2.32. The zero-order chi connectivity index (χ0) is 17.0. The van der Waals surface area contributed by atoms with E-state index in [1.807, 2.05) is 32.9 Å². The number of hydrogen-bond acceptors (Lipinski definition) is 2. The van der Waals surface area contributed by atoms with Crippen molar-refractivity contribution >= 4 is 27.3 Å². The van der Waals surface area contributed by atoms with Crippen molar-refractivity contribution in [1.29, 1.82) is 0 Å². The zero-order valence-corrected chi connectivity index (χ0v) is 14.9. The summed E-state index contributed by atoms with van der Waals surface area (Å²) < 4.78 is 27.8. The molecule has 0 aliphatic heterocycles. The lowest BCUT2D eigenvalue weighted by molar-refractivity contribution is 0.601. The van der Waals surface area contributed by atoms with Crippen LogP contribution in [0.1, 0.15) is 30.9 Å². The van der Waals surface area contributed by atoms with Gasteiger partial charge in [-0.05, 0) is 49.7 Å². The molecule has 0 bridgehead atoms. The number of rotatable bonds is 5. The Kier molecular flexibility index (Phi) is 5.50. The molecule has 122 valence electrons. The van der Waals surface area contributed by atoms with Crippen LogP contribution in [0.3, 0.4) is 0 Å². The second-order valence-electron chi connectivity index (χ2n) is 5.46. The maximum absolute atomic E-state index is 12.6. The fraction of sp³-hybridized carbons (Fsp3) is 0.222. The molecule has 0 spiro atoms. The van der Waals surface area contributed by atoms with Crippen LogP contribution in [0, 0.1) is 6.92 Å². The molecule has 1 unspecified atom stereocenters. The summed E-state index contributed by atoms with van der Waals surface area (Å²) in [6.07, 6.45) is 3.93. The van der Waals surface area contributed by atoms with Crippen LogP contribution >= 0.6 is 11.6 Å². The van der Waals surface area contributed by atoms with Gasteiger partial charge in [-0.15, -0.1) is 0 Å². The third kappa shape index (κ3) is 4.36. The first-order valence-electron chi connectivity index (χ1n) is 7.35. The third-order valence-electron chi connectivity index (χ3n) is 3.56. The van der Waals surface area contributed by atoms with Gasteiger partial charge in [-0.1, -0.05) is 48.4 Å². The van der Waals surface area contributed by atoms with E-state index in [4.69, 9.17) is 11.6 Å². The molecule has 0 aliphatic carbocycles. The normalized spacial score (nSPS) is 13.2. The second-order valence-corrected chi connectivity index (χ2v) is 7.58. The number of nitrogens with one attached hydrogen (secondary N) is 1. The summed E-state index contributed by atoms with van der Waals surface area (Å²) in [4.78, 5) is 0.239. The van der Waals surface area contributed by atoms with Gasteiger partial charge in [-0.3, -0.25) is 4.72 Å². The van der Waals surface area contributed by atoms with Crippen molar-refractivity contribution in [2.75, 3.05) is 4.72 Å². The number of allylic oxidation sites excluding steroid dienone is 2. The molecule has 0 heterocycles.